The number of aromatic hydroxyl groups is 1. The van der Waals surface area contributed by atoms with Crippen LogP contribution in [0, 0.1) is 0 Å². The number of halogens is 2. The molecule has 1 aromatic heterocycles. The fourth-order valence-corrected chi connectivity index (χ4v) is 3.46. The molecule has 0 aliphatic carbocycles. The smallest absolute Gasteiger partial charge is 0.335 e. The maximum Gasteiger partial charge on any atom is 0.335 e. The first-order valence-electron chi connectivity index (χ1n) is 8.51. The molecule has 4 rings (SSSR count). The molecule has 0 amide bonds. The van der Waals surface area contributed by atoms with Crippen molar-refractivity contribution in [2.24, 2.45) is 4.99 Å². The quantitative estimate of drug-likeness (QED) is 0.475. The highest BCUT2D eigenvalue weighted by Crippen LogP contribution is 2.28. The topological polar surface area (TPSA) is 87.5 Å². The van der Waals surface area contributed by atoms with Gasteiger partial charge in [-0.25, -0.2) is 9.36 Å². The van der Waals surface area contributed by atoms with E-state index in [9.17, 15) is 14.7 Å². The molecule has 144 valence electrons. The summed E-state index contributed by atoms with van der Waals surface area (Å²) < 4.78 is 1.04. The van der Waals surface area contributed by atoms with Crippen LogP contribution in [0.1, 0.15) is 5.56 Å². The van der Waals surface area contributed by atoms with E-state index < -0.39 is 17.1 Å². The molecule has 0 unspecified atom stereocenters. The van der Waals surface area contributed by atoms with Crippen molar-refractivity contribution in [3.8, 4) is 11.6 Å². The number of aromatic nitrogens is 2. The van der Waals surface area contributed by atoms with Crippen molar-refractivity contribution in [1.29, 1.82) is 0 Å². The Labute approximate surface area is 174 Å². The minimum atomic E-state index is -0.766. The fourth-order valence-electron chi connectivity index (χ4n) is 3.00. The van der Waals surface area contributed by atoms with Gasteiger partial charge in [-0.3, -0.25) is 14.8 Å². The van der Waals surface area contributed by atoms with Crippen LogP contribution in [-0.4, -0.2) is 20.9 Å². The van der Waals surface area contributed by atoms with Crippen molar-refractivity contribution < 1.29 is 5.11 Å². The van der Waals surface area contributed by atoms with Gasteiger partial charge in [-0.2, -0.15) is 0 Å². The van der Waals surface area contributed by atoms with Gasteiger partial charge in [0.2, 0.25) is 5.88 Å². The second-order valence-electron chi connectivity index (χ2n) is 6.18. The van der Waals surface area contributed by atoms with Crippen molar-refractivity contribution in [2.45, 2.75) is 0 Å². The molecule has 8 heteroatoms. The Morgan fingerprint density at radius 2 is 1.76 bits per heavy atom. The van der Waals surface area contributed by atoms with Gasteiger partial charge >= 0.3 is 5.69 Å². The lowest BCUT2D eigenvalue weighted by molar-refractivity contribution is 0.430. The van der Waals surface area contributed by atoms with Gasteiger partial charge in [-0.1, -0.05) is 59.6 Å². The summed E-state index contributed by atoms with van der Waals surface area (Å²) in [6.45, 7) is 0. The number of fused-ring (bicyclic) bond motifs is 1. The van der Waals surface area contributed by atoms with E-state index in [0.29, 0.717) is 16.4 Å². The Hall–Kier alpha value is -3.35. The Morgan fingerprint density at radius 1 is 1.00 bits per heavy atom. The number of H-pyrrole nitrogens is 1. The SMILES string of the molecule is O=c1[nH]c(=O)n(-c2cccc3ccccc23)c(O)c1C=Nc1ccc(Cl)cc1Cl. The van der Waals surface area contributed by atoms with Crippen molar-refractivity contribution >= 4 is 45.9 Å². The summed E-state index contributed by atoms with van der Waals surface area (Å²) in [5.74, 6) is -0.524. The molecular formula is C21H13Cl2N3O3. The highest BCUT2D eigenvalue weighted by Gasteiger charge is 2.16. The highest BCUT2D eigenvalue weighted by molar-refractivity contribution is 6.36. The van der Waals surface area contributed by atoms with E-state index in [4.69, 9.17) is 23.2 Å². The first kappa shape index (κ1) is 19.0. The zero-order valence-electron chi connectivity index (χ0n) is 14.8. The van der Waals surface area contributed by atoms with E-state index in [1.807, 2.05) is 30.3 Å². The summed E-state index contributed by atoms with van der Waals surface area (Å²) in [5, 5.41) is 13.1. The molecule has 0 saturated carbocycles. The van der Waals surface area contributed by atoms with Crippen molar-refractivity contribution in [1.82, 2.24) is 9.55 Å². The van der Waals surface area contributed by atoms with Gasteiger partial charge in [0, 0.05) is 16.6 Å². The lowest BCUT2D eigenvalue weighted by Gasteiger charge is -2.12. The van der Waals surface area contributed by atoms with Crippen molar-refractivity contribution in [2.75, 3.05) is 0 Å². The first-order chi connectivity index (χ1) is 14.0. The van der Waals surface area contributed by atoms with E-state index >= 15 is 0 Å². The van der Waals surface area contributed by atoms with Crippen LogP contribution in [0.4, 0.5) is 5.69 Å². The van der Waals surface area contributed by atoms with Gasteiger partial charge in [0.15, 0.2) is 0 Å². The summed E-state index contributed by atoms with van der Waals surface area (Å²) in [5.41, 5.74) is -0.911. The van der Waals surface area contributed by atoms with Crippen molar-refractivity contribution in [3.05, 3.63) is 97.1 Å². The van der Waals surface area contributed by atoms with Crippen molar-refractivity contribution in [3.63, 3.8) is 0 Å². The van der Waals surface area contributed by atoms with E-state index in [1.54, 1.807) is 24.3 Å². The Kier molecular flexibility index (Phi) is 4.96. The molecule has 0 spiro atoms. The highest BCUT2D eigenvalue weighted by atomic mass is 35.5. The molecule has 1 heterocycles. The number of benzene rings is 3. The monoisotopic (exact) mass is 425 g/mol. The molecule has 0 bridgehead atoms. The van der Waals surface area contributed by atoms with Crippen LogP contribution in [-0.2, 0) is 0 Å². The lowest BCUT2D eigenvalue weighted by Crippen LogP contribution is -2.31. The molecule has 0 aliphatic rings. The lowest BCUT2D eigenvalue weighted by atomic mass is 10.1. The molecule has 4 aromatic rings. The number of nitrogens with zero attached hydrogens (tertiary/aromatic N) is 2. The van der Waals surface area contributed by atoms with Crippen LogP contribution in [0.25, 0.3) is 16.5 Å². The van der Waals surface area contributed by atoms with E-state index in [0.717, 1.165) is 21.6 Å². The summed E-state index contributed by atoms with van der Waals surface area (Å²) >= 11 is 12.0. The second kappa shape index (κ2) is 7.58. The minimum Gasteiger partial charge on any atom is -0.493 e. The van der Waals surface area contributed by atoms with Gasteiger partial charge in [0.25, 0.3) is 5.56 Å². The number of aliphatic imine (C=N–C) groups is 1. The molecule has 0 atom stereocenters. The number of hydrogen-bond acceptors (Lipinski definition) is 4. The molecule has 0 fully saturated rings. The van der Waals surface area contributed by atoms with E-state index in [1.165, 1.54) is 6.07 Å². The normalized spacial score (nSPS) is 11.4. The average Bonchev–Trinajstić information content (AvgIpc) is 2.69. The number of rotatable bonds is 3. The summed E-state index contributed by atoms with van der Waals surface area (Å²) in [6.07, 6.45) is 1.16. The summed E-state index contributed by atoms with van der Waals surface area (Å²) in [6, 6.07) is 17.4. The molecule has 0 aliphatic heterocycles. The number of aromatic amines is 1. The van der Waals surface area contributed by atoms with Gasteiger partial charge in [-0.15, -0.1) is 0 Å². The molecular weight excluding hydrogens is 413 g/mol. The van der Waals surface area contributed by atoms with Gasteiger partial charge < -0.3 is 5.11 Å². The predicted molar refractivity (Wildman–Crippen MR) is 116 cm³/mol. The van der Waals surface area contributed by atoms with Crippen LogP contribution in [0.5, 0.6) is 5.88 Å². The molecule has 0 saturated heterocycles. The minimum absolute atomic E-state index is 0.177. The summed E-state index contributed by atoms with van der Waals surface area (Å²) in [7, 11) is 0. The Morgan fingerprint density at radius 3 is 2.55 bits per heavy atom. The number of hydrogen-bond donors (Lipinski definition) is 2. The van der Waals surface area contributed by atoms with E-state index in [-0.39, 0.29) is 10.6 Å². The van der Waals surface area contributed by atoms with Gasteiger partial charge in [-0.05, 0) is 29.7 Å². The first-order valence-corrected chi connectivity index (χ1v) is 9.27. The third-order valence-electron chi connectivity index (χ3n) is 4.37. The zero-order chi connectivity index (χ0) is 20.5. The molecule has 2 N–H and O–H groups in total. The maximum absolute atomic E-state index is 12.5. The van der Waals surface area contributed by atoms with Crippen LogP contribution in [0.15, 0.2) is 75.2 Å². The van der Waals surface area contributed by atoms with E-state index in [2.05, 4.69) is 9.98 Å². The zero-order valence-corrected chi connectivity index (χ0v) is 16.3. The third kappa shape index (κ3) is 3.55. The van der Waals surface area contributed by atoms with Gasteiger partial charge in [0.1, 0.15) is 5.56 Å². The third-order valence-corrected chi connectivity index (χ3v) is 4.91. The fraction of sp³-hybridized carbons (Fsp3) is 0. The molecule has 6 nitrogen and oxygen atoms in total. The van der Waals surface area contributed by atoms with Gasteiger partial charge in [0.05, 0.1) is 16.4 Å². The Balaban J connectivity index is 1.91. The predicted octanol–water partition coefficient (Wildman–Crippen LogP) is 4.44. The van der Waals surface area contributed by atoms with Crippen LogP contribution >= 0.6 is 23.2 Å². The van der Waals surface area contributed by atoms with Crippen LogP contribution in [0.2, 0.25) is 10.0 Å². The molecule has 0 radical (unpaired) electrons. The largest absolute Gasteiger partial charge is 0.493 e. The Bertz CT molecular complexity index is 1390. The van der Waals surface area contributed by atoms with Crippen LogP contribution < -0.4 is 11.2 Å². The molecule has 3 aromatic carbocycles. The summed E-state index contributed by atoms with van der Waals surface area (Å²) in [4.78, 5) is 31.2. The second-order valence-corrected chi connectivity index (χ2v) is 7.03. The standard InChI is InChI=1S/C21H13Cl2N3O3/c22-13-8-9-17(16(23)10-13)24-11-15-19(27)25-21(29)26(20(15)28)18-7-3-5-12-4-1-2-6-14(12)18/h1-11,28H,(H,25,27,29). The maximum atomic E-state index is 12.5. The molecule has 29 heavy (non-hydrogen) atoms. The van der Waals surface area contributed by atoms with Crippen LogP contribution in [0.3, 0.4) is 0 Å². The number of nitrogens with one attached hydrogen (secondary N) is 1. The average molecular weight is 426 g/mol.